The number of halogens is 1. The number of nitrogen functional groups attached to an aromatic ring is 1. The first-order chi connectivity index (χ1) is 8.58. The summed E-state index contributed by atoms with van der Waals surface area (Å²) in [6, 6.07) is 11.1. The second-order valence-corrected chi connectivity index (χ2v) is 4.14. The van der Waals surface area contributed by atoms with E-state index in [2.05, 4.69) is 5.32 Å². The zero-order chi connectivity index (χ0) is 13.1. The minimum atomic E-state index is -0.398. The van der Waals surface area contributed by atoms with Gasteiger partial charge in [-0.15, -0.1) is 0 Å². The third-order valence-electron chi connectivity index (χ3n) is 2.41. The lowest BCUT2D eigenvalue weighted by atomic mass is 10.1. The van der Waals surface area contributed by atoms with Crippen molar-refractivity contribution < 1.29 is 9.90 Å². The molecule has 0 saturated heterocycles. The van der Waals surface area contributed by atoms with E-state index in [1.807, 2.05) is 0 Å². The molecular weight excluding hydrogens is 252 g/mol. The third-order valence-corrected chi connectivity index (χ3v) is 2.65. The van der Waals surface area contributed by atoms with Crippen LogP contribution in [0.1, 0.15) is 10.4 Å². The standard InChI is InChI=1S/C13H11ClN2O2/c14-8-5-6-9(10(15)7-8)13(18)16-11-3-1-2-4-12(11)17/h1-7,17H,15H2,(H,16,18). The van der Waals surface area contributed by atoms with Gasteiger partial charge < -0.3 is 16.2 Å². The normalized spacial score (nSPS) is 10.1. The van der Waals surface area contributed by atoms with E-state index in [4.69, 9.17) is 17.3 Å². The SMILES string of the molecule is Nc1cc(Cl)ccc1C(=O)Nc1ccccc1O. The quantitative estimate of drug-likeness (QED) is 0.575. The van der Waals surface area contributed by atoms with Gasteiger partial charge in [0.25, 0.3) is 5.91 Å². The maximum absolute atomic E-state index is 12.0. The number of nitrogens with one attached hydrogen (secondary N) is 1. The summed E-state index contributed by atoms with van der Waals surface area (Å²) >= 11 is 5.76. The van der Waals surface area contributed by atoms with Crippen LogP contribution >= 0.6 is 11.6 Å². The summed E-state index contributed by atoms with van der Waals surface area (Å²) in [7, 11) is 0. The van der Waals surface area contributed by atoms with Crippen LogP contribution in [0.25, 0.3) is 0 Å². The molecule has 0 radical (unpaired) electrons. The van der Waals surface area contributed by atoms with Crippen LogP contribution in [-0.2, 0) is 0 Å². The molecule has 2 aromatic carbocycles. The molecule has 92 valence electrons. The lowest BCUT2D eigenvalue weighted by molar-refractivity contribution is 0.102. The fraction of sp³-hybridized carbons (Fsp3) is 0. The molecule has 0 aliphatic rings. The number of hydrogen-bond donors (Lipinski definition) is 3. The molecule has 5 heteroatoms. The van der Waals surface area contributed by atoms with E-state index < -0.39 is 5.91 Å². The molecule has 0 aromatic heterocycles. The molecular formula is C13H11ClN2O2. The predicted octanol–water partition coefficient (Wildman–Crippen LogP) is 2.88. The maximum Gasteiger partial charge on any atom is 0.257 e. The first-order valence-corrected chi connectivity index (χ1v) is 5.60. The van der Waals surface area contributed by atoms with Crippen LogP contribution in [0.4, 0.5) is 11.4 Å². The lowest BCUT2D eigenvalue weighted by Gasteiger charge is -2.08. The Morgan fingerprint density at radius 1 is 1.22 bits per heavy atom. The van der Waals surface area contributed by atoms with Gasteiger partial charge in [-0.3, -0.25) is 4.79 Å². The number of carbonyl (C=O) groups excluding carboxylic acids is 1. The van der Waals surface area contributed by atoms with Gasteiger partial charge in [0.2, 0.25) is 0 Å². The van der Waals surface area contributed by atoms with E-state index in [0.717, 1.165) is 0 Å². The van der Waals surface area contributed by atoms with Crippen LogP contribution in [-0.4, -0.2) is 11.0 Å². The number of benzene rings is 2. The predicted molar refractivity (Wildman–Crippen MR) is 71.9 cm³/mol. The Morgan fingerprint density at radius 3 is 2.61 bits per heavy atom. The van der Waals surface area contributed by atoms with E-state index in [-0.39, 0.29) is 11.4 Å². The zero-order valence-corrected chi connectivity index (χ0v) is 10.1. The molecule has 0 saturated carbocycles. The van der Waals surface area contributed by atoms with E-state index >= 15 is 0 Å². The van der Waals surface area contributed by atoms with Crippen LogP contribution in [0.2, 0.25) is 5.02 Å². The maximum atomic E-state index is 12.0. The first kappa shape index (κ1) is 12.3. The van der Waals surface area contributed by atoms with Gasteiger partial charge in [-0.05, 0) is 30.3 Å². The second-order valence-electron chi connectivity index (χ2n) is 3.70. The van der Waals surface area contributed by atoms with Crippen molar-refractivity contribution in [1.29, 1.82) is 0 Å². The summed E-state index contributed by atoms with van der Waals surface area (Å²) in [6.45, 7) is 0. The summed E-state index contributed by atoms with van der Waals surface area (Å²) in [5.74, 6) is -0.399. The topological polar surface area (TPSA) is 75.4 Å². The Morgan fingerprint density at radius 2 is 1.94 bits per heavy atom. The molecule has 0 bridgehead atoms. The average molecular weight is 263 g/mol. The van der Waals surface area contributed by atoms with Gasteiger partial charge in [-0.25, -0.2) is 0 Å². The molecule has 0 fully saturated rings. The van der Waals surface area contributed by atoms with E-state index in [1.165, 1.54) is 18.2 Å². The molecule has 2 rings (SSSR count). The summed E-state index contributed by atoms with van der Waals surface area (Å²) in [6.07, 6.45) is 0. The highest BCUT2D eigenvalue weighted by molar-refractivity contribution is 6.31. The van der Waals surface area contributed by atoms with Crippen molar-refractivity contribution in [3.63, 3.8) is 0 Å². The van der Waals surface area contributed by atoms with Crippen LogP contribution in [0.3, 0.4) is 0 Å². The molecule has 18 heavy (non-hydrogen) atoms. The number of aromatic hydroxyl groups is 1. The molecule has 1 amide bonds. The summed E-state index contributed by atoms with van der Waals surface area (Å²) < 4.78 is 0. The van der Waals surface area contributed by atoms with Gasteiger partial charge in [-0.1, -0.05) is 23.7 Å². The fourth-order valence-electron chi connectivity index (χ4n) is 1.51. The minimum Gasteiger partial charge on any atom is -0.506 e. The monoisotopic (exact) mass is 262 g/mol. The summed E-state index contributed by atoms with van der Waals surface area (Å²) in [4.78, 5) is 12.0. The molecule has 0 atom stereocenters. The Bertz CT molecular complexity index is 599. The number of para-hydroxylation sites is 2. The third kappa shape index (κ3) is 2.55. The van der Waals surface area contributed by atoms with Crippen molar-refractivity contribution >= 4 is 28.9 Å². The van der Waals surface area contributed by atoms with Crippen LogP contribution in [0, 0.1) is 0 Å². The van der Waals surface area contributed by atoms with Crippen LogP contribution in [0.15, 0.2) is 42.5 Å². The van der Waals surface area contributed by atoms with Crippen molar-refractivity contribution in [1.82, 2.24) is 0 Å². The number of hydrogen-bond acceptors (Lipinski definition) is 3. The van der Waals surface area contributed by atoms with Gasteiger partial charge in [0.15, 0.2) is 0 Å². The average Bonchev–Trinajstić information content (AvgIpc) is 2.32. The van der Waals surface area contributed by atoms with Gasteiger partial charge in [0.1, 0.15) is 5.75 Å². The Kier molecular flexibility index (Phi) is 3.39. The second kappa shape index (κ2) is 4.98. The van der Waals surface area contributed by atoms with Crippen molar-refractivity contribution in [2.24, 2.45) is 0 Å². The van der Waals surface area contributed by atoms with Crippen LogP contribution in [0.5, 0.6) is 5.75 Å². The number of phenols is 1. The first-order valence-electron chi connectivity index (χ1n) is 5.22. The highest BCUT2D eigenvalue weighted by Gasteiger charge is 2.11. The van der Waals surface area contributed by atoms with E-state index in [0.29, 0.717) is 16.3 Å². The molecule has 0 unspecified atom stereocenters. The van der Waals surface area contributed by atoms with Gasteiger partial charge in [-0.2, -0.15) is 0 Å². The van der Waals surface area contributed by atoms with Crippen molar-refractivity contribution in [3.05, 3.63) is 53.1 Å². The summed E-state index contributed by atoms with van der Waals surface area (Å²) in [5, 5.41) is 12.6. The summed E-state index contributed by atoms with van der Waals surface area (Å²) in [5.41, 5.74) is 6.63. The molecule has 0 heterocycles. The van der Waals surface area contributed by atoms with Crippen molar-refractivity contribution in [2.75, 3.05) is 11.1 Å². The Balaban J connectivity index is 2.25. The number of carbonyl (C=O) groups is 1. The number of nitrogens with two attached hydrogens (primary N) is 1. The number of rotatable bonds is 2. The molecule has 2 aromatic rings. The van der Waals surface area contributed by atoms with Crippen LogP contribution < -0.4 is 11.1 Å². The number of amides is 1. The smallest absolute Gasteiger partial charge is 0.257 e. The minimum absolute atomic E-state index is 0.00150. The van der Waals surface area contributed by atoms with Gasteiger partial charge in [0.05, 0.1) is 11.3 Å². The molecule has 0 aliphatic carbocycles. The highest BCUT2D eigenvalue weighted by atomic mass is 35.5. The molecule has 4 N–H and O–H groups in total. The van der Waals surface area contributed by atoms with Crippen molar-refractivity contribution in [2.45, 2.75) is 0 Å². The van der Waals surface area contributed by atoms with Gasteiger partial charge >= 0.3 is 0 Å². The molecule has 0 aliphatic heterocycles. The molecule has 4 nitrogen and oxygen atoms in total. The molecule has 0 spiro atoms. The largest absolute Gasteiger partial charge is 0.506 e. The van der Waals surface area contributed by atoms with Gasteiger partial charge in [0, 0.05) is 10.7 Å². The Labute approximate surface area is 109 Å². The highest BCUT2D eigenvalue weighted by Crippen LogP contribution is 2.24. The van der Waals surface area contributed by atoms with E-state index in [9.17, 15) is 9.90 Å². The zero-order valence-electron chi connectivity index (χ0n) is 9.35. The number of phenolic OH excluding ortho intramolecular Hbond substituents is 1. The fourth-order valence-corrected chi connectivity index (χ4v) is 1.69. The van der Waals surface area contributed by atoms with E-state index in [1.54, 1.807) is 24.3 Å². The Hall–Kier alpha value is -2.20. The number of anilines is 2. The lowest BCUT2D eigenvalue weighted by Crippen LogP contribution is -2.14. The van der Waals surface area contributed by atoms with Crippen molar-refractivity contribution in [3.8, 4) is 5.75 Å².